The van der Waals surface area contributed by atoms with Gasteiger partial charge in [-0.2, -0.15) is 0 Å². The van der Waals surface area contributed by atoms with Crippen LogP contribution in [0.15, 0.2) is 4.99 Å². The molecule has 2 rings (SSSR count). The summed E-state index contributed by atoms with van der Waals surface area (Å²) in [4.78, 5) is 18.7. The first kappa shape index (κ1) is 22.5. The van der Waals surface area contributed by atoms with Gasteiger partial charge in [0.25, 0.3) is 0 Å². The number of carbonyl (C=O) groups excluding carboxylic acids is 1. The zero-order chi connectivity index (χ0) is 17.4. The van der Waals surface area contributed by atoms with Crippen LogP contribution in [0.3, 0.4) is 0 Å². The zero-order valence-corrected chi connectivity index (χ0v) is 18.3. The molecule has 0 bridgehead atoms. The second kappa shape index (κ2) is 11.9. The van der Waals surface area contributed by atoms with Gasteiger partial charge in [0.05, 0.1) is 19.1 Å². The van der Waals surface area contributed by atoms with E-state index in [1.54, 1.807) is 0 Å². The van der Waals surface area contributed by atoms with Crippen LogP contribution in [0.4, 0.5) is 0 Å². The van der Waals surface area contributed by atoms with Crippen molar-refractivity contribution in [3.05, 3.63) is 0 Å². The number of nitrogens with zero attached hydrogens (tertiary/aromatic N) is 2. The van der Waals surface area contributed by atoms with E-state index < -0.39 is 0 Å². The number of ether oxygens (including phenoxy) is 1. The minimum atomic E-state index is -0.183. The summed E-state index contributed by atoms with van der Waals surface area (Å²) in [6, 6.07) is 1.24. The highest BCUT2D eigenvalue weighted by molar-refractivity contribution is 14.0. The molecule has 0 amide bonds. The molecule has 1 atom stereocenters. The molecule has 1 saturated heterocycles. The van der Waals surface area contributed by atoms with Gasteiger partial charge in [0.1, 0.15) is 0 Å². The molecule has 7 heteroatoms. The lowest BCUT2D eigenvalue weighted by Crippen LogP contribution is -2.45. The number of nitrogens with one attached hydrogen (secondary N) is 2. The van der Waals surface area contributed by atoms with Crippen LogP contribution in [0.1, 0.15) is 59.3 Å². The lowest BCUT2D eigenvalue weighted by atomic mass is 10.2. The number of hydrogen-bond donors (Lipinski definition) is 2. The smallest absolute Gasteiger partial charge is 0.307 e. The molecule has 0 aromatic carbocycles. The van der Waals surface area contributed by atoms with Gasteiger partial charge >= 0.3 is 5.97 Å². The van der Waals surface area contributed by atoms with Crippen LogP contribution in [-0.2, 0) is 9.53 Å². The SMILES string of the molecule is CCNC(=NCCC(=O)OC(C)C)NC1CCN(C2CCCC2)C1.I. The molecule has 25 heavy (non-hydrogen) atoms. The number of hydrogen-bond acceptors (Lipinski definition) is 4. The number of carbonyl (C=O) groups is 1. The fourth-order valence-corrected chi connectivity index (χ4v) is 3.60. The van der Waals surface area contributed by atoms with Crippen LogP contribution in [0.5, 0.6) is 0 Å². The maximum absolute atomic E-state index is 11.6. The fourth-order valence-electron chi connectivity index (χ4n) is 3.60. The maximum Gasteiger partial charge on any atom is 0.307 e. The van der Waals surface area contributed by atoms with Crippen molar-refractivity contribution in [1.82, 2.24) is 15.5 Å². The largest absolute Gasteiger partial charge is 0.463 e. The molecule has 1 aliphatic heterocycles. The third-order valence-corrected chi connectivity index (χ3v) is 4.70. The summed E-state index contributed by atoms with van der Waals surface area (Å²) in [5, 5.41) is 6.81. The minimum absolute atomic E-state index is 0. The highest BCUT2D eigenvalue weighted by Gasteiger charge is 2.30. The van der Waals surface area contributed by atoms with Crippen molar-refractivity contribution < 1.29 is 9.53 Å². The minimum Gasteiger partial charge on any atom is -0.463 e. The Morgan fingerprint density at radius 1 is 1.28 bits per heavy atom. The van der Waals surface area contributed by atoms with Crippen LogP contribution < -0.4 is 10.6 Å². The number of likely N-dealkylation sites (tertiary alicyclic amines) is 1. The Hall–Kier alpha value is -0.570. The van der Waals surface area contributed by atoms with Gasteiger partial charge in [-0.15, -0.1) is 24.0 Å². The van der Waals surface area contributed by atoms with Gasteiger partial charge in [-0.3, -0.25) is 14.7 Å². The summed E-state index contributed by atoms with van der Waals surface area (Å²) in [6.45, 7) is 9.35. The van der Waals surface area contributed by atoms with Crippen LogP contribution in [0.25, 0.3) is 0 Å². The predicted octanol–water partition coefficient (Wildman–Crippen LogP) is 2.52. The van der Waals surface area contributed by atoms with E-state index in [2.05, 4.69) is 27.4 Å². The van der Waals surface area contributed by atoms with Gasteiger partial charge in [0.2, 0.25) is 0 Å². The van der Waals surface area contributed by atoms with Gasteiger partial charge in [-0.05, 0) is 40.0 Å². The Labute approximate surface area is 169 Å². The van der Waals surface area contributed by atoms with Crippen LogP contribution in [-0.4, -0.2) is 61.2 Å². The molecule has 2 fully saturated rings. The quantitative estimate of drug-likeness (QED) is 0.261. The molecular weight excluding hydrogens is 431 g/mol. The Bertz CT molecular complexity index is 425. The first-order valence-electron chi connectivity index (χ1n) is 9.57. The molecule has 0 aromatic heterocycles. The molecular formula is C18H35IN4O2. The summed E-state index contributed by atoms with van der Waals surface area (Å²) in [7, 11) is 0. The topological polar surface area (TPSA) is 66.0 Å². The molecule has 1 saturated carbocycles. The fraction of sp³-hybridized carbons (Fsp3) is 0.889. The second-order valence-electron chi connectivity index (χ2n) is 7.11. The van der Waals surface area contributed by atoms with Gasteiger partial charge < -0.3 is 15.4 Å². The standard InChI is InChI=1S/C18H34N4O2.HI/c1-4-19-18(20-11-9-17(23)24-14(2)3)21-15-10-12-22(13-15)16-7-5-6-8-16;/h14-16H,4-13H2,1-3H3,(H2,19,20,21);1H. The van der Waals surface area contributed by atoms with Crippen molar-refractivity contribution in [3.8, 4) is 0 Å². The number of halogens is 1. The molecule has 1 unspecified atom stereocenters. The molecule has 146 valence electrons. The average Bonchev–Trinajstić information content (AvgIpc) is 3.17. The number of aliphatic imine (C=N–C) groups is 1. The molecule has 0 radical (unpaired) electrons. The lowest BCUT2D eigenvalue weighted by Gasteiger charge is -2.24. The van der Waals surface area contributed by atoms with Crippen molar-refractivity contribution in [2.45, 2.75) is 77.5 Å². The van der Waals surface area contributed by atoms with Gasteiger partial charge in [-0.25, -0.2) is 0 Å². The van der Waals surface area contributed by atoms with E-state index in [4.69, 9.17) is 4.74 Å². The first-order chi connectivity index (χ1) is 11.6. The third-order valence-electron chi connectivity index (χ3n) is 4.70. The highest BCUT2D eigenvalue weighted by atomic mass is 127. The second-order valence-corrected chi connectivity index (χ2v) is 7.11. The summed E-state index contributed by atoms with van der Waals surface area (Å²) in [6.07, 6.45) is 6.92. The molecule has 1 heterocycles. The average molecular weight is 466 g/mol. The van der Waals surface area contributed by atoms with Crippen LogP contribution in [0.2, 0.25) is 0 Å². The van der Waals surface area contributed by atoms with Gasteiger partial charge in [-0.1, -0.05) is 12.8 Å². The monoisotopic (exact) mass is 466 g/mol. The van der Waals surface area contributed by atoms with E-state index in [0.29, 0.717) is 19.0 Å². The Morgan fingerprint density at radius 2 is 2.00 bits per heavy atom. The first-order valence-corrected chi connectivity index (χ1v) is 9.57. The Balaban J connectivity index is 0.00000312. The van der Waals surface area contributed by atoms with Gasteiger partial charge in [0, 0.05) is 31.7 Å². The summed E-state index contributed by atoms with van der Waals surface area (Å²) >= 11 is 0. The summed E-state index contributed by atoms with van der Waals surface area (Å²) in [5.74, 6) is 0.631. The number of guanidine groups is 1. The van der Waals surface area contributed by atoms with E-state index in [1.807, 2.05) is 13.8 Å². The lowest BCUT2D eigenvalue weighted by molar-refractivity contribution is -0.147. The molecule has 1 aliphatic carbocycles. The third kappa shape index (κ3) is 8.11. The maximum atomic E-state index is 11.6. The van der Waals surface area contributed by atoms with E-state index in [1.165, 1.54) is 32.2 Å². The van der Waals surface area contributed by atoms with Crippen molar-refractivity contribution in [3.63, 3.8) is 0 Å². The molecule has 2 aliphatic rings. The van der Waals surface area contributed by atoms with Crippen molar-refractivity contribution in [1.29, 1.82) is 0 Å². The molecule has 6 nitrogen and oxygen atoms in total. The van der Waals surface area contributed by atoms with Gasteiger partial charge in [0.15, 0.2) is 5.96 Å². The molecule has 2 N–H and O–H groups in total. The van der Waals surface area contributed by atoms with Crippen molar-refractivity contribution in [2.75, 3.05) is 26.2 Å². The van der Waals surface area contributed by atoms with E-state index >= 15 is 0 Å². The summed E-state index contributed by atoms with van der Waals surface area (Å²) in [5.41, 5.74) is 0. The molecule has 0 spiro atoms. The van der Waals surface area contributed by atoms with Crippen LogP contribution in [0, 0.1) is 0 Å². The normalized spacial score (nSPS) is 22.1. The highest BCUT2D eigenvalue weighted by Crippen LogP contribution is 2.26. The molecule has 0 aromatic rings. The van der Waals surface area contributed by atoms with E-state index in [9.17, 15) is 4.79 Å². The number of rotatable bonds is 7. The Morgan fingerprint density at radius 3 is 2.64 bits per heavy atom. The predicted molar refractivity (Wildman–Crippen MR) is 113 cm³/mol. The van der Waals surface area contributed by atoms with E-state index in [0.717, 1.165) is 31.5 Å². The van der Waals surface area contributed by atoms with E-state index in [-0.39, 0.29) is 36.0 Å². The number of esters is 1. The Kier molecular flexibility index (Phi) is 10.7. The van der Waals surface area contributed by atoms with Crippen LogP contribution >= 0.6 is 24.0 Å². The van der Waals surface area contributed by atoms with Crippen molar-refractivity contribution >= 4 is 35.9 Å². The zero-order valence-electron chi connectivity index (χ0n) is 15.9. The summed E-state index contributed by atoms with van der Waals surface area (Å²) < 4.78 is 5.14. The van der Waals surface area contributed by atoms with Crippen molar-refractivity contribution in [2.24, 2.45) is 4.99 Å².